The number of hydrogen-bond donors (Lipinski definition) is 0. The van der Waals surface area contributed by atoms with Crippen molar-refractivity contribution in [1.29, 1.82) is 0 Å². The van der Waals surface area contributed by atoms with Gasteiger partial charge in [-0.25, -0.2) is 0 Å². The van der Waals surface area contributed by atoms with E-state index >= 15 is 0 Å². The average Bonchev–Trinajstić information content (AvgIpc) is 2.90. The van der Waals surface area contributed by atoms with Crippen molar-refractivity contribution < 1.29 is 19.1 Å². The zero-order chi connectivity index (χ0) is 19.3. The van der Waals surface area contributed by atoms with Crippen LogP contribution in [0.5, 0.6) is 0 Å². The molecule has 0 spiro atoms. The molecule has 0 amide bonds. The number of aldehydes is 1. The summed E-state index contributed by atoms with van der Waals surface area (Å²) in [6, 6.07) is 0. The Morgan fingerprint density at radius 2 is 2.12 bits per heavy atom. The molecule has 4 heteroatoms. The lowest BCUT2D eigenvalue weighted by Crippen LogP contribution is -2.24. The third-order valence-electron chi connectivity index (χ3n) is 5.32. The summed E-state index contributed by atoms with van der Waals surface area (Å²) in [5.74, 6) is 0.0669. The van der Waals surface area contributed by atoms with Crippen molar-refractivity contribution in [2.24, 2.45) is 11.8 Å². The number of esters is 1. The number of carbonyl (C=O) groups excluding carboxylic acids is 2. The first-order valence-corrected chi connectivity index (χ1v) is 9.63. The van der Waals surface area contributed by atoms with Gasteiger partial charge < -0.3 is 9.47 Å². The highest BCUT2D eigenvalue weighted by molar-refractivity contribution is 5.76. The molecule has 1 aliphatic carbocycles. The van der Waals surface area contributed by atoms with Crippen LogP contribution < -0.4 is 0 Å². The SMILES string of the molecule is CC(=O)OC1OC2CC(C)=CCCC(C=O)=C1C2C(C)CCC=C(C)C. The van der Waals surface area contributed by atoms with Crippen LogP contribution in [0.25, 0.3) is 0 Å². The summed E-state index contributed by atoms with van der Waals surface area (Å²) in [4.78, 5) is 23.4. The van der Waals surface area contributed by atoms with Crippen molar-refractivity contribution in [2.45, 2.75) is 79.1 Å². The molecule has 0 aromatic carbocycles. The summed E-state index contributed by atoms with van der Waals surface area (Å²) in [6.45, 7) is 9.93. The summed E-state index contributed by atoms with van der Waals surface area (Å²) >= 11 is 0. The molecular weight excluding hydrogens is 328 g/mol. The van der Waals surface area contributed by atoms with E-state index in [1.54, 1.807) is 0 Å². The van der Waals surface area contributed by atoms with Gasteiger partial charge in [0, 0.05) is 18.4 Å². The van der Waals surface area contributed by atoms with E-state index in [0.717, 1.165) is 43.1 Å². The zero-order valence-corrected chi connectivity index (χ0v) is 16.7. The van der Waals surface area contributed by atoms with Crippen molar-refractivity contribution in [3.8, 4) is 0 Å². The topological polar surface area (TPSA) is 52.6 Å². The predicted octanol–water partition coefficient (Wildman–Crippen LogP) is 4.90. The van der Waals surface area contributed by atoms with E-state index in [0.29, 0.717) is 12.3 Å². The smallest absolute Gasteiger partial charge is 0.305 e. The monoisotopic (exact) mass is 360 g/mol. The average molecular weight is 360 g/mol. The Kier molecular flexibility index (Phi) is 7.39. The fourth-order valence-corrected chi connectivity index (χ4v) is 4.09. The highest BCUT2D eigenvalue weighted by Crippen LogP contribution is 2.44. The number of allylic oxidation sites excluding steroid dienone is 4. The standard InChI is InChI=1S/C22H32O4/c1-14(2)8-6-10-16(4)20-19-12-15(3)9-7-11-18(13-23)21(20)22(26-19)25-17(5)24/h8-9,13,16,19-20,22H,6-7,10-12H2,1-5H3. The van der Waals surface area contributed by atoms with Gasteiger partial charge in [0.1, 0.15) is 6.29 Å². The first-order chi connectivity index (χ1) is 12.3. The molecule has 1 fully saturated rings. The van der Waals surface area contributed by atoms with E-state index in [1.165, 1.54) is 18.1 Å². The van der Waals surface area contributed by atoms with E-state index in [-0.39, 0.29) is 18.0 Å². The van der Waals surface area contributed by atoms with Gasteiger partial charge in [0.05, 0.1) is 6.10 Å². The number of ether oxygens (including phenoxy) is 2. The minimum Gasteiger partial charge on any atom is -0.432 e. The van der Waals surface area contributed by atoms with Crippen LogP contribution in [-0.2, 0) is 19.1 Å². The van der Waals surface area contributed by atoms with Gasteiger partial charge in [0.2, 0.25) is 6.29 Å². The third-order valence-corrected chi connectivity index (χ3v) is 5.32. The number of rotatable bonds is 6. The molecule has 1 heterocycles. The molecule has 0 aromatic rings. The van der Waals surface area contributed by atoms with Crippen LogP contribution in [0, 0.1) is 11.8 Å². The minimum atomic E-state index is -0.723. The highest BCUT2D eigenvalue weighted by Gasteiger charge is 2.45. The van der Waals surface area contributed by atoms with Gasteiger partial charge in [0.15, 0.2) is 0 Å². The molecule has 26 heavy (non-hydrogen) atoms. The summed E-state index contributed by atoms with van der Waals surface area (Å²) < 4.78 is 11.6. The van der Waals surface area contributed by atoms with E-state index in [1.807, 2.05) is 0 Å². The Bertz CT molecular complexity index is 622. The zero-order valence-electron chi connectivity index (χ0n) is 16.7. The molecule has 0 N–H and O–H groups in total. The largest absolute Gasteiger partial charge is 0.432 e. The van der Waals surface area contributed by atoms with Crippen LogP contribution >= 0.6 is 0 Å². The summed E-state index contributed by atoms with van der Waals surface area (Å²) in [7, 11) is 0. The summed E-state index contributed by atoms with van der Waals surface area (Å²) in [5, 5.41) is 0. The van der Waals surface area contributed by atoms with Crippen molar-refractivity contribution >= 4 is 12.3 Å². The lowest BCUT2D eigenvalue weighted by molar-refractivity contribution is -0.168. The molecule has 1 aliphatic heterocycles. The number of fused-ring (bicyclic) bond motifs is 2. The Labute approximate surface area is 157 Å². The van der Waals surface area contributed by atoms with Gasteiger partial charge in [0.25, 0.3) is 0 Å². The quantitative estimate of drug-likeness (QED) is 0.384. The Balaban J connectivity index is 2.38. The van der Waals surface area contributed by atoms with Crippen LogP contribution in [0.15, 0.2) is 34.4 Å². The van der Waals surface area contributed by atoms with Crippen molar-refractivity contribution in [1.82, 2.24) is 0 Å². The van der Waals surface area contributed by atoms with E-state index in [9.17, 15) is 9.59 Å². The fourth-order valence-electron chi connectivity index (χ4n) is 4.09. The predicted molar refractivity (Wildman–Crippen MR) is 102 cm³/mol. The van der Waals surface area contributed by atoms with Crippen molar-refractivity contribution in [3.05, 3.63) is 34.4 Å². The lowest BCUT2D eigenvalue weighted by atomic mass is 9.78. The van der Waals surface area contributed by atoms with Crippen LogP contribution in [0.3, 0.4) is 0 Å². The molecule has 4 unspecified atom stereocenters. The van der Waals surface area contributed by atoms with Crippen molar-refractivity contribution in [3.63, 3.8) is 0 Å². The Hall–Kier alpha value is -1.68. The molecule has 0 saturated carbocycles. The van der Waals surface area contributed by atoms with Crippen LogP contribution in [-0.4, -0.2) is 24.6 Å². The summed E-state index contributed by atoms with van der Waals surface area (Å²) in [6.07, 6.45) is 8.93. The van der Waals surface area contributed by atoms with Crippen LogP contribution in [0.4, 0.5) is 0 Å². The van der Waals surface area contributed by atoms with E-state index in [4.69, 9.17) is 9.47 Å². The molecule has 2 aliphatic rings. The summed E-state index contributed by atoms with van der Waals surface area (Å²) in [5.41, 5.74) is 4.22. The lowest BCUT2D eigenvalue weighted by Gasteiger charge is -2.25. The second-order valence-corrected chi connectivity index (χ2v) is 7.87. The second-order valence-electron chi connectivity index (χ2n) is 7.87. The first kappa shape index (κ1) is 20.6. The van der Waals surface area contributed by atoms with Gasteiger partial charge in [-0.15, -0.1) is 0 Å². The first-order valence-electron chi connectivity index (χ1n) is 9.63. The molecule has 4 atom stereocenters. The maximum Gasteiger partial charge on any atom is 0.305 e. The molecular formula is C22H32O4. The van der Waals surface area contributed by atoms with Gasteiger partial charge >= 0.3 is 5.97 Å². The maximum absolute atomic E-state index is 11.8. The number of hydrogen-bond acceptors (Lipinski definition) is 4. The van der Waals surface area contributed by atoms with Gasteiger partial charge in [-0.3, -0.25) is 9.59 Å². The van der Waals surface area contributed by atoms with Gasteiger partial charge in [-0.2, -0.15) is 0 Å². The Morgan fingerprint density at radius 3 is 2.73 bits per heavy atom. The molecule has 144 valence electrons. The van der Waals surface area contributed by atoms with E-state index < -0.39 is 6.29 Å². The minimum absolute atomic E-state index is 0.0552. The number of carbonyl (C=O) groups is 2. The molecule has 1 saturated heterocycles. The fraction of sp³-hybridized carbons (Fsp3) is 0.636. The molecule has 0 radical (unpaired) electrons. The molecule has 0 aromatic heterocycles. The second kappa shape index (κ2) is 9.31. The van der Waals surface area contributed by atoms with E-state index in [2.05, 4.69) is 39.8 Å². The highest BCUT2D eigenvalue weighted by atomic mass is 16.7. The maximum atomic E-state index is 11.8. The van der Waals surface area contributed by atoms with Crippen molar-refractivity contribution in [2.75, 3.05) is 0 Å². The normalized spacial score (nSPS) is 27.0. The van der Waals surface area contributed by atoms with Crippen LogP contribution in [0.2, 0.25) is 0 Å². The molecule has 4 nitrogen and oxygen atoms in total. The third kappa shape index (κ3) is 5.16. The molecule has 2 rings (SSSR count). The molecule has 2 bridgehead atoms. The Morgan fingerprint density at radius 1 is 1.38 bits per heavy atom. The van der Waals surface area contributed by atoms with Crippen LogP contribution in [0.1, 0.15) is 66.7 Å². The van der Waals surface area contributed by atoms with Gasteiger partial charge in [-0.1, -0.05) is 30.2 Å². The van der Waals surface area contributed by atoms with Gasteiger partial charge in [-0.05, 0) is 64.4 Å².